The monoisotopic (exact) mass is 458 g/mol. The van der Waals surface area contributed by atoms with E-state index in [9.17, 15) is 4.39 Å². The number of rotatable bonds is 7. The molecule has 0 unspecified atom stereocenters. The van der Waals surface area contributed by atoms with Gasteiger partial charge in [-0.05, 0) is 30.3 Å². The van der Waals surface area contributed by atoms with Crippen LogP contribution in [0, 0.1) is 5.82 Å². The van der Waals surface area contributed by atoms with Crippen molar-refractivity contribution in [3.05, 3.63) is 72.9 Å². The van der Waals surface area contributed by atoms with Gasteiger partial charge in [0.05, 0.1) is 12.5 Å². The molecule has 5 aromatic rings. The molecular formula is C23H19FN8O2. The number of hydrogen-bond acceptors (Lipinski definition) is 9. The van der Waals surface area contributed by atoms with E-state index in [2.05, 4.69) is 35.6 Å². The molecule has 0 atom stereocenters. The lowest BCUT2D eigenvalue weighted by atomic mass is 10.2. The van der Waals surface area contributed by atoms with Gasteiger partial charge in [-0.1, -0.05) is 0 Å². The molecule has 0 spiro atoms. The molecule has 0 amide bonds. The molecule has 5 rings (SSSR count). The van der Waals surface area contributed by atoms with E-state index in [-0.39, 0.29) is 11.7 Å². The maximum absolute atomic E-state index is 14.8. The van der Waals surface area contributed by atoms with Crippen LogP contribution in [0.3, 0.4) is 0 Å². The number of H-pyrrole nitrogens is 1. The van der Waals surface area contributed by atoms with E-state index in [1.54, 1.807) is 48.9 Å². The molecule has 4 heterocycles. The standard InChI is InChI=1S/C23H19FN8O2/c1-33-21-11-14(4-7-26-21)30-20-12-19(31-23(25)32-20)29-13-2-3-18(16(24)10-13)34-17-6-9-28-22-15(17)5-8-27-22/h2-12H,1H3,(H,27,28)(H4,25,26,29,30,31,32). The number of nitrogens with zero attached hydrogens (tertiary/aromatic N) is 4. The molecule has 0 saturated heterocycles. The predicted octanol–water partition coefficient (Wildman–Crippen LogP) is 4.76. The van der Waals surface area contributed by atoms with Crippen molar-refractivity contribution < 1.29 is 13.9 Å². The number of hydrogen-bond donors (Lipinski definition) is 4. The number of benzene rings is 1. The van der Waals surface area contributed by atoms with E-state index in [4.69, 9.17) is 15.2 Å². The van der Waals surface area contributed by atoms with E-state index >= 15 is 0 Å². The molecule has 0 bridgehead atoms. The zero-order chi connectivity index (χ0) is 23.5. The number of halogens is 1. The molecule has 0 aliphatic carbocycles. The lowest BCUT2D eigenvalue weighted by molar-refractivity contribution is 0.398. The van der Waals surface area contributed by atoms with Crippen LogP contribution >= 0.6 is 0 Å². The van der Waals surface area contributed by atoms with Crippen molar-refractivity contribution >= 4 is 40.0 Å². The zero-order valence-electron chi connectivity index (χ0n) is 17.9. The van der Waals surface area contributed by atoms with Gasteiger partial charge in [-0.15, -0.1) is 0 Å². The summed E-state index contributed by atoms with van der Waals surface area (Å²) in [5, 5.41) is 6.90. The Morgan fingerprint density at radius 3 is 2.41 bits per heavy atom. The molecule has 0 radical (unpaired) electrons. The summed E-state index contributed by atoms with van der Waals surface area (Å²) in [7, 11) is 1.53. The third-order valence-electron chi connectivity index (χ3n) is 4.80. The molecular weight excluding hydrogens is 439 g/mol. The summed E-state index contributed by atoms with van der Waals surface area (Å²) in [6.45, 7) is 0. The Balaban J connectivity index is 1.34. The summed E-state index contributed by atoms with van der Waals surface area (Å²) in [6.07, 6.45) is 4.94. The molecule has 0 aliphatic rings. The quantitative estimate of drug-likeness (QED) is 0.272. The largest absolute Gasteiger partial charge is 0.481 e. The number of fused-ring (bicyclic) bond motifs is 1. The summed E-state index contributed by atoms with van der Waals surface area (Å²) in [5.41, 5.74) is 7.68. The average Bonchev–Trinajstić information content (AvgIpc) is 3.30. The van der Waals surface area contributed by atoms with Crippen molar-refractivity contribution in [1.82, 2.24) is 24.9 Å². The highest BCUT2D eigenvalue weighted by Gasteiger charge is 2.11. The number of ether oxygens (including phenoxy) is 2. The van der Waals surface area contributed by atoms with Gasteiger partial charge in [0.15, 0.2) is 11.6 Å². The molecule has 170 valence electrons. The second-order valence-corrected chi connectivity index (χ2v) is 7.13. The molecule has 11 heteroatoms. The van der Waals surface area contributed by atoms with Crippen LogP contribution in [0.15, 0.2) is 67.1 Å². The second kappa shape index (κ2) is 8.90. The van der Waals surface area contributed by atoms with Crippen LogP contribution in [0.2, 0.25) is 0 Å². The van der Waals surface area contributed by atoms with E-state index in [0.717, 1.165) is 5.39 Å². The Labute approximate surface area is 193 Å². The molecule has 5 N–H and O–H groups in total. The van der Waals surface area contributed by atoms with E-state index in [1.807, 2.05) is 6.07 Å². The topological polar surface area (TPSA) is 136 Å². The van der Waals surface area contributed by atoms with Gasteiger partial charge in [0, 0.05) is 48.2 Å². The first-order valence-electron chi connectivity index (χ1n) is 10.2. The number of nitrogens with one attached hydrogen (secondary N) is 3. The Morgan fingerprint density at radius 1 is 0.882 bits per heavy atom. The summed E-state index contributed by atoms with van der Waals surface area (Å²) >= 11 is 0. The normalized spacial score (nSPS) is 10.8. The van der Waals surface area contributed by atoms with E-state index in [1.165, 1.54) is 19.2 Å². The summed E-state index contributed by atoms with van der Waals surface area (Å²) in [5.74, 6) is 1.35. The number of anilines is 5. The minimum atomic E-state index is -0.547. The number of pyridine rings is 2. The second-order valence-electron chi connectivity index (χ2n) is 7.13. The highest BCUT2D eigenvalue weighted by molar-refractivity contribution is 5.82. The number of nitrogens with two attached hydrogens (primary N) is 1. The Hall–Kier alpha value is -4.93. The first kappa shape index (κ1) is 20.9. The smallest absolute Gasteiger partial charge is 0.223 e. The molecule has 0 saturated carbocycles. The minimum absolute atomic E-state index is 0.0437. The van der Waals surface area contributed by atoms with Crippen molar-refractivity contribution in [3.8, 4) is 17.4 Å². The van der Waals surface area contributed by atoms with Crippen molar-refractivity contribution in [2.75, 3.05) is 23.5 Å². The van der Waals surface area contributed by atoms with Gasteiger partial charge in [0.2, 0.25) is 11.8 Å². The Bertz CT molecular complexity index is 1470. The van der Waals surface area contributed by atoms with E-state index in [0.29, 0.717) is 40.3 Å². The molecule has 0 fully saturated rings. The maximum atomic E-state index is 14.8. The van der Waals surface area contributed by atoms with Crippen LogP contribution in [-0.4, -0.2) is 32.0 Å². The molecule has 10 nitrogen and oxygen atoms in total. The van der Waals surface area contributed by atoms with Gasteiger partial charge in [-0.3, -0.25) is 0 Å². The lowest BCUT2D eigenvalue weighted by Gasteiger charge is -2.12. The highest BCUT2D eigenvalue weighted by atomic mass is 19.1. The van der Waals surface area contributed by atoms with Gasteiger partial charge < -0.3 is 30.8 Å². The number of aromatic amines is 1. The van der Waals surface area contributed by atoms with Gasteiger partial charge in [0.1, 0.15) is 23.0 Å². The molecule has 1 aromatic carbocycles. The fourth-order valence-corrected chi connectivity index (χ4v) is 3.29. The van der Waals surface area contributed by atoms with Gasteiger partial charge in [0.25, 0.3) is 0 Å². The third-order valence-corrected chi connectivity index (χ3v) is 4.80. The summed E-state index contributed by atoms with van der Waals surface area (Å²) < 4.78 is 25.7. The van der Waals surface area contributed by atoms with Crippen LogP contribution < -0.4 is 25.8 Å². The van der Waals surface area contributed by atoms with Crippen molar-refractivity contribution in [1.29, 1.82) is 0 Å². The maximum Gasteiger partial charge on any atom is 0.223 e. The van der Waals surface area contributed by atoms with Gasteiger partial charge in [-0.2, -0.15) is 9.97 Å². The summed E-state index contributed by atoms with van der Waals surface area (Å²) in [6, 6.07) is 13.1. The van der Waals surface area contributed by atoms with Crippen LogP contribution in [0.4, 0.5) is 33.3 Å². The van der Waals surface area contributed by atoms with Crippen molar-refractivity contribution in [3.63, 3.8) is 0 Å². The number of aromatic nitrogens is 5. The fourth-order valence-electron chi connectivity index (χ4n) is 3.29. The van der Waals surface area contributed by atoms with Crippen LogP contribution in [0.5, 0.6) is 17.4 Å². The highest BCUT2D eigenvalue weighted by Crippen LogP contribution is 2.32. The third kappa shape index (κ3) is 4.48. The molecule has 34 heavy (non-hydrogen) atoms. The van der Waals surface area contributed by atoms with Gasteiger partial charge >= 0.3 is 0 Å². The number of nitrogen functional groups attached to an aromatic ring is 1. The van der Waals surface area contributed by atoms with Crippen LogP contribution in [0.25, 0.3) is 11.0 Å². The lowest BCUT2D eigenvalue weighted by Crippen LogP contribution is -2.04. The van der Waals surface area contributed by atoms with Crippen LogP contribution in [-0.2, 0) is 0 Å². The predicted molar refractivity (Wildman–Crippen MR) is 126 cm³/mol. The minimum Gasteiger partial charge on any atom is -0.481 e. The summed E-state index contributed by atoms with van der Waals surface area (Å²) in [4.78, 5) is 19.6. The average molecular weight is 458 g/mol. The van der Waals surface area contributed by atoms with E-state index < -0.39 is 5.82 Å². The van der Waals surface area contributed by atoms with Crippen LogP contribution in [0.1, 0.15) is 0 Å². The Kier molecular flexibility index (Phi) is 5.48. The zero-order valence-corrected chi connectivity index (χ0v) is 17.9. The Morgan fingerprint density at radius 2 is 1.65 bits per heavy atom. The van der Waals surface area contributed by atoms with Crippen molar-refractivity contribution in [2.45, 2.75) is 0 Å². The number of methoxy groups -OCH3 is 1. The fraction of sp³-hybridized carbons (Fsp3) is 0.0435. The SMILES string of the molecule is COc1cc(Nc2cc(Nc3ccc(Oc4ccnc5[nH]ccc45)c(F)c3)nc(N)n2)ccn1. The van der Waals surface area contributed by atoms with Gasteiger partial charge in [-0.25, -0.2) is 14.4 Å². The molecule has 4 aromatic heterocycles. The first-order chi connectivity index (χ1) is 16.6. The van der Waals surface area contributed by atoms with Crippen molar-refractivity contribution in [2.24, 2.45) is 0 Å². The molecule has 0 aliphatic heterocycles. The first-order valence-corrected chi connectivity index (χ1v) is 10.2.